The van der Waals surface area contributed by atoms with Gasteiger partial charge in [0.2, 0.25) is 0 Å². The second-order valence-electron chi connectivity index (χ2n) is 6.69. The average Bonchev–Trinajstić information content (AvgIpc) is 3.04. The van der Waals surface area contributed by atoms with Crippen molar-refractivity contribution in [1.82, 2.24) is 4.57 Å². The lowest BCUT2D eigenvalue weighted by atomic mass is 9.87. The van der Waals surface area contributed by atoms with E-state index in [1.807, 2.05) is 0 Å². The Bertz CT molecular complexity index is 1020. The summed E-state index contributed by atoms with van der Waals surface area (Å²) in [7, 11) is 0. The van der Waals surface area contributed by atoms with Crippen molar-refractivity contribution >= 4 is 0 Å². The molecular weight excluding hydrogens is 431 g/mol. The van der Waals surface area contributed by atoms with Crippen molar-refractivity contribution in [3.05, 3.63) is 52.3 Å². The van der Waals surface area contributed by atoms with Crippen molar-refractivity contribution in [3.63, 3.8) is 0 Å². The Labute approximate surface area is 162 Å². The summed E-state index contributed by atoms with van der Waals surface area (Å²) >= 11 is 0. The first-order chi connectivity index (χ1) is 13.7. The number of benzene rings is 1. The Kier molecular flexibility index (Phi) is 5.09. The monoisotopic (exact) mass is 442 g/mol. The zero-order valence-corrected chi connectivity index (χ0v) is 14.6. The molecule has 0 radical (unpaired) electrons. The van der Waals surface area contributed by atoms with Crippen LogP contribution in [0, 0.1) is 11.3 Å². The summed E-state index contributed by atoms with van der Waals surface area (Å²) in [5, 5.41) is 18.7. The number of aromatic nitrogens is 1. The van der Waals surface area contributed by atoms with E-state index in [-0.39, 0.29) is 11.9 Å². The Morgan fingerprint density at radius 3 is 2.33 bits per heavy atom. The van der Waals surface area contributed by atoms with E-state index in [1.165, 1.54) is 6.07 Å². The lowest BCUT2D eigenvalue weighted by molar-refractivity contribution is -0.290. The van der Waals surface area contributed by atoms with Gasteiger partial charge in [0.1, 0.15) is 6.10 Å². The van der Waals surface area contributed by atoms with E-state index in [9.17, 15) is 44.6 Å². The molecule has 3 rings (SSSR count). The maximum Gasteiger partial charge on any atom is 0.458 e. The smallest absolute Gasteiger partial charge is 0.382 e. The van der Waals surface area contributed by atoms with Crippen molar-refractivity contribution in [2.24, 2.45) is 0 Å². The third kappa shape index (κ3) is 3.30. The highest BCUT2D eigenvalue weighted by atomic mass is 19.4. The van der Waals surface area contributed by atoms with Gasteiger partial charge in [-0.1, -0.05) is 0 Å². The van der Waals surface area contributed by atoms with Gasteiger partial charge in [-0.05, 0) is 24.6 Å². The van der Waals surface area contributed by atoms with Gasteiger partial charge in [-0.15, -0.1) is 0 Å². The molecule has 1 heterocycles. The lowest BCUT2D eigenvalue weighted by Gasteiger charge is -2.30. The second-order valence-corrected chi connectivity index (χ2v) is 6.69. The number of halogens is 9. The predicted octanol–water partition coefficient (Wildman–Crippen LogP) is 5.56. The molecule has 1 aliphatic carbocycles. The molecule has 0 fully saturated rings. The van der Waals surface area contributed by atoms with Crippen LogP contribution in [0.5, 0.6) is 0 Å². The van der Waals surface area contributed by atoms with Crippen LogP contribution in [0.1, 0.15) is 46.9 Å². The van der Waals surface area contributed by atoms with Crippen LogP contribution in [0.15, 0.2) is 24.4 Å². The number of rotatable bonds is 3. The molecule has 0 saturated heterocycles. The molecule has 1 aliphatic rings. The van der Waals surface area contributed by atoms with Gasteiger partial charge in [0, 0.05) is 35.1 Å². The van der Waals surface area contributed by atoms with Gasteiger partial charge < -0.3 is 9.67 Å². The number of fused-ring (bicyclic) bond motifs is 1. The Morgan fingerprint density at radius 1 is 1.17 bits per heavy atom. The van der Waals surface area contributed by atoms with E-state index < -0.39 is 71.3 Å². The number of aliphatic hydroxyl groups excluding tert-OH is 1. The summed E-state index contributed by atoms with van der Waals surface area (Å²) in [6, 6.07) is 4.08. The number of nitrogens with zero attached hydrogens (tertiary/aromatic N) is 2. The van der Waals surface area contributed by atoms with E-state index in [4.69, 9.17) is 5.26 Å². The third-order valence-electron chi connectivity index (χ3n) is 4.88. The second kappa shape index (κ2) is 6.94. The van der Waals surface area contributed by atoms with Crippen molar-refractivity contribution < 1.29 is 44.6 Å². The van der Waals surface area contributed by atoms with Gasteiger partial charge >= 0.3 is 12.1 Å². The highest BCUT2D eigenvalue weighted by Gasteiger charge is 2.62. The van der Waals surface area contributed by atoms with Crippen LogP contribution >= 0.6 is 0 Å². The van der Waals surface area contributed by atoms with Crippen molar-refractivity contribution in [1.29, 1.82) is 5.26 Å². The Balaban J connectivity index is 2.31. The Morgan fingerprint density at radius 2 is 1.80 bits per heavy atom. The largest absolute Gasteiger partial charge is 0.458 e. The summed E-state index contributed by atoms with van der Waals surface area (Å²) in [6.07, 6.45) is -13.8. The van der Waals surface area contributed by atoms with Gasteiger partial charge in [-0.2, -0.15) is 27.2 Å². The fraction of sp³-hybridized carbons (Fsp3) is 0.389. The minimum Gasteiger partial charge on any atom is -0.382 e. The maximum absolute atomic E-state index is 14.1. The molecule has 30 heavy (non-hydrogen) atoms. The standard InChI is InChI=1S/C18H11F9N2O/c19-15(20)10-5-9(2-1-8(10)6-28)29-7-11(17(23,24)18(25,26)27)13-12(29)3-4-16(21,22)14(13)30/h1-2,5,7,14-15,30H,3-4H2. The molecule has 12 heteroatoms. The molecule has 0 bridgehead atoms. The minimum atomic E-state index is -6.15. The lowest BCUT2D eigenvalue weighted by Crippen LogP contribution is -2.37. The normalized spacial score (nSPS) is 18.9. The molecule has 3 nitrogen and oxygen atoms in total. The van der Waals surface area contributed by atoms with Crippen LogP contribution in [0.2, 0.25) is 0 Å². The zero-order chi connectivity index (χ0) is 22.6. The number of nitriles is 1. The molecule has 1 aromatic carbocycles. The summed E-state index contributed by atoms with van der Waals surface area (Å²) in [4.78, 5) is 0. The number of aliphatic hydroxyl groups is 1. The quantitative estimate of drug-likeness (QED) is 0.634. The first-order valence-corrected chi connectivity index (χ1v) is 8.30. The number of hydrogen-bond acceptors (Lipinski definition) is 2. The van der Waals surface area contributed by atoms with Gasteiger partial charge in [-0.3, -0.25) is 0 Å². The predicted molar refractivity (Wildman–Crippen MR) is 83.6 cm³/mol. The van der Waals surface area contributed by atoms with Crippen LogP contribution < -0.4 is 0 Å². The van der Waals surface area contributed by atoms with Crippen molar-refractivity contribution in [2.75, 3.05) is 0 Å². The van der Waals surface area contributed by atoms with Crippen LogP contribution in [0.4, 0.5) is 39.5 Å². The molecule has 162 valence electrons. The average molecular weight is 442 g/mol. The van der Waals surface area contributed by atoms with Crippen LogP contribution in [-0.4, -0.2) is 21.8 Å². The van der Waals surface area contributed by atoms with Crippen LogP contribution in [0.3, 0.4) is 0 Å². The van der Waals surface area contributed by atoms with Crippen LogP contribution in [0.25, 0.3) is 5.69 Å². The fourth-order valence-corrected chi connectivity index (χ4v) is 3.37. The van der Waals surface area contributed by atoms with Crippen molar-refractivity contribution in [2.45, 2.75) is 43.4 Å². The molecule has 1 atom stereocenters. The molecule has 1 unspecified atom stereocenters. The topological polar surface area (TPSA) is 49.0 Å². The summed E-state index contributed by atoms with van der Waals surface area (Å²) in [6.45, 7) is 0. The summed E-state index contributed by atoms with van der Waals surface area (Å²) < 4.78 is 122. The molecule has 2 aromatic rings. The summed E-state index contributed by atoms with van der Waals surface area (Å²) in [5.74, 6) is -9.55. The van der Waals surface area contributed by atoms with Gasteiger partial charge in [-0.25, -0.2) is 17.6 Å². The van der Waals surface area contributed by atoms with Crippen molar-refractivity contribution in [3.8, 4) is 11.8 Å². The maximum atomic E-state index is 14.1. The third-order valence-corrected chi connectivity index (χ3v) is 4.88. The zero-order valence-electron chi connectivity index (χ0n) is 14.6. The molecule has 0 spiro atoms. The molecule has 1 aromatic heterocycles. The van der Waals surface area contributed by atoms with E-state index in [1.54, 1.807) is 0 Å². The number of hydrogen-bond donors (Lipinski definition) is 1. The highest BCUT2D eigenvalue weighted by molar-refractivity contribution is 5.51. The molecular formula is C18H11F9N2O. The first-order valence-electron chi connectivity index (χ1n) is 8.30. The highest BCUT2D eigenvalue weighted by Crippen LogP contribution is 2.52. The van der Waals surface area contributed by atoms with Crippen LogP contribution in [-0.2, 0) is 12.3 Å². The van der Waals surface area contributed by atoms with E-state index in [0.29, 0.717) is 10.6 Å². The molecule has 0 aliphatic heterocycles. The first kappa shape index (κ1) is 22.0. The van der Waals surface area contributed by atoms with E-state index >= 15 is 0 Å². The molecule has 1 N–H and O–H groups in total. The molecule has 0 saturated carbocycles. The fourth-order valence-electron chi connectivity index (χ4n) is 3.37. The Hall–Kier alpha value is -2.68. The van der Waals surface area contributed by atoms with E-state index in [0.717, 1.165) is 12.1 Å². The summed E-state index contributed by atoms with van der Waals surface area (Å²) in [5.41, 5.74) is -5.29. The van der Waals surface area contributed by atoms with Gasteiger partial charge in [0.05, 0.1) is 17.2 Å². The van der Waals surface area contributed by atoms with Gasteiger partial charge in [0.15, 0.2) is 0 Å². The van der Waals surface area contributed by atoms with Gasteiger partial charge in [0.25, 0.3) is 12.3 Å². The molecule has 0 amide bonds. The minimum absolute atomic E-state index is 0.208. The SMILES string of the molecule is N#Cc1ccc(-n2cc(C(F)(F)C(F)(F)F)c3c2CCC(F)(F)C3O)cc1C(F)F. The number of alkyl halides is 9. The van der Waals surface area contributed by atoms with E-state index in [2.05, 4.69) is 0 Å².